The number of carbonyl (C=O) groups excluding carboxylic acids is 1. The van der Waals surface area contributed by atoms with Crippen LogP contribution in [0.2, 0.25) is 0 Å². The van der Waals surface area contributed by atoms with Gasteiger partial charge in [-0.25, -0.2) is 4.98 Å². The van der Waals surface area contributed by atoms with E-state index in [1.54, 1.807) is 16.7 Å². The van der Waals surface area contributed by atoms with E-state index >= 15 is 0 Å². The molecule has 6 heteroatoms. The smallest absolute Gasteiger partial charge is 0.270 e. The summed E-state index contributed by atoms with van der Waals surface area (Å²) in [4.78, 5) is 17.1. The molecular weight excluding hydrogens is 254 g/mol. The van der Waals surface area contributed by atoms with Gasteiger partial charge in [0, 0.05) is 11.9 Å². The molecule has 0 saturated carbocycles. The first-order valence-electron chi connectivity index (χ1n) is 5.29. The lowest BCUT2D eigenvalue weighted by Gasteiger charge is -2.00. The molecule has 2 aromatic heterocycles. The molecule has 0 bridgehead atoms. The number of thiazole rings is 1. The second kappa shape index (κ2) is 5.90. The minimum Gasteiger partial charge on any atom is -0.351 e. The normalized spacial score (nSPS) is 10.4. The minimum absolute atomic E-state index is 0.127. The second-order valence-electron chi connectivity index (χ2n) is 3.41. The standard InChI is InChI=1S/C11H13N3OS2/c12-4-2-5-13-10(15)8-7-17-11(14-8)9-3-1-6-16-9/h1,3,6-7H,2,4-5,12H2,(H,13,15). The molecule has 2 heterocycles. The van der Waals surface area contributed by atoms with Crippen LogP contribution in [0.25, 0.3) is 9.88 Å². The lowest BCUT2D eigenvalue weighted by atomic mass is 10.4. The van der Waals surface area contributed by atoms with Gasteiger partial charge in [-0.1, -0.05) is 6.07 Å². The molecule has 0 aliphatic heterocycles. The van der Waals surface area contributed by atoms with E-state index in [-0.39, 0.29) is 5.91 Å². The predicted octanol–water partition coefficient (Wildman–Crippen LogP) is 1.95. The Kier molecular flexibility index (Phi) is 4.24. The van der Waals surface area contributed by atoms with E-state index in [1.807, 2.05) is 17.5 Å². The van der Waals surface area contributed by atoms with E-state index in [0.717, 1.165) is 16.3 Å². The van der Waals surface area contributed by atoms with E-state index in [9.17, 15) is 4.79 Å². The number of hydrogen-bond donors (Lipinski definition) is 2. The Balaban J connectivity index is 2.01. The zero-order chi connectivity index (χ0) is 12.1. The van der Waals surface area contributed by atoms with Crippen molar-refractivity contribution in [2.75, 3.05) is 13.1 Å². The summed E-state index contributed by atoms with van der Waals surface area (Å²) in [5.74, 6) is -0.127. The molecule has 0 radical (unpaired) electrons. The van der Waals surface area contributed by atoms with Crippen LogP contribution >= 0.6 is 22.7 Å². The van der Waals surface area contributed by atoms with Gasteiger partial charge >= 0.3 is 0 Å². The lowest BCUT2D eigenvalue weighted by molar-refractivity contribution is 0.0949. The van der Waals surface area contributed by atoms with Gasteiger partial charge in [0.1, 0.15) is 10.7 Å². The van der Waals surface area contributed by atoms with Gasteiger partial charge in [-0.15, -0.1) is 22.7 Å². The van der Waals surface area contributed by atoms with Gasteiger partial charge < -0.3 is 11.1 Å². The molecule has 0 spiro atoms. The number of hydrogen-bond acceptors (Lipinski definition) is 5. The van der Waals surface area contributed by atoms with Crippen LogP contribution < -0.4 is 11.1 Å². The van der Waals surface area contributed by atoms with Crippen LogP contribution in [0.1, 0.15) is 16.9 Å². The monoisotopic (exact) mass is 267 g/mol. The van der Waals surface area contributed by atoms with Crippen LogP contribution in [0.5, 0.6) is 0 Å². The summed E-state index contributed by atoms with van der Waals surface area (Å²) in [7, 11) is 0. The molecule has 4 nitrogen and oxygen atoms in total. The summed E-state index contributed by atoms with van der Waals surface area (Å²) in [6.45, 7) is 1.18. The SMILES string of the molecule is NCCCNC(=O)c1csc(-c2cccs2)n1. The maximum atomic E-state index is 11.7. The maximum absolute atomic E-state index is 11.7. The quantitative estimate of drug-likeness (QED) is 0.814. The van der Waals surface area contributed by atoms with Crippen LogP contribution in [0.15, 0.2) is 22.9 Å². The molecular formula is C11H13N3OS2. The van der Waals surface area contributed by atoms with Gasteiger partial charge in [-0.2, -0.15) is 0 Å². The topological polar surface area (TPSA) is 68.0 Å². The maximum Gasteiger partial charge on any atom is 0.270 e. The number of rotatable bonds is 5. The number of thiophene rings is 1. The molecule has 3 N–H and O–H groups in total. The van der Waals surface area contributed by atoms with E-state index in [4.69, 9.17) is 5.73 Å². The van der Waals surface area contributed by atoms with Crippen molar-refractivity contribution < 1.29 is 4.79 Å². The van der Waals surface area contributed by atoms with Crippen molar-refractivity contribution in [1.29, 1.82) is 0 Å². The summed E-state index contributed by atoms with van der Waals surface area (Å²) >= 11 is 3.11. The number of amides is 1. The molecule has 0 atom stereocenters. The van der Waals surface area contributed by atoms with Crippen LogP contribution in [0, 0.1) is 0 Å². The number of nitrogens with two attached hydrogens (primary N) is 1. The van der Waals surface area contributed by atoms with Crippen molar-refractivity contribution in [3.63, 3.8) is 0 Å². The van der Waals surface area contributed by atoms with Gasteiger partial charge in [-0.3, -0.25) is 4.79 Å². The Morgan fingerprint density at radius 2 is 2.35 bits per heavy atom. The summed E-state index contributed by atoms with van der Waals surface area (Å²) in [6.07, 6.45) is 0.785. The highest BCUT2D eigenvalue weighted by Gasteiger charge is 2.11. The third-order valence-electron chi connectivity index (χ3n) is 2.14. The van der Waals surface area contributed by atoms with Crippen molar-refractivity contribution in [2.45, 2.75) is 6.42 Å². The first-order chi connectivity index (χ1) is 8.31. The molecule has 90 valence electrons. The Morgan fingerprint density at radius 3 is 3.06 bits per heavy atom. The van der Waals surface area contributed by atoms with Gasteiger partial charge in [-0.05, 0) is 24.4 Å². The molecule has 0 fully saturated rings. The largest absolute Gasteiger partial charge is 0.351 e. The molecule has 0 aliphatic rings. The van der Waals surface area contributed by atoms with Crippen molar-refractivity contribution in [3.05, 3.63) is 28.6 Å². The molecule has 0 unspecified atom stereocenters. The van der Waals surface area contributed by atoms with Crippen molar-refractivity contribution >= 4 is 28.6 Å². The van der Waals surface area contributed by atoms with Gasteiger partial charge in [0.15, 0.2) is 0 Å². The Hall–Kier alpha value is -1.24. The minimum atomic E-state index is -0.127. The van der Waals surface area contributed by atoms with Crippen LogP contribution in [0.3, 0.4) is 0 Å². The van der Waals surface area contributed by atoms with Crippen LogP contribution in [0.4, 0.5) is 0 Å². The van der Waals surface area contributed by atoms with Crippen molar-refractivity contribution in [1.82, 2.24) is 10.3 Å². The Labute approximate surface area is 107 Å². The number of nitrogens with zero attached hydrogens (tertiary/aromatic N) is 1. The van der Waals surface area contributed by atoms with Crippen LogP contribution in [-0.2, 0) is 0 Å². The zero-order valence-corrected chi connectivity index (χ0v) is 10.8. The van der Waals surface area contributed by atoms with E-state index in [0.29, 0.717) is 18.8 Å². The van der Waals surface area contributed by atoms with Gasteiger partial charge in [0.05, 0.1) is 4.88 Å². The van der Waals surface area contributed by atoms with E-state index in [1.165, 1.54) is 11.3 Å². The molecule has 1 amide bonds. The third kappa shape index (κ3) is 3.12. The summed E-state index contributed by atoms with van der Waals surface area (Å²) in [5, 5.41) is 7.46. The molecule has 2 rings (SSSR count). The fraction of sp³-hybridized carbons (Fsp3) is 0.273. The molecule has 2 aromatic rings. The summed E-state index contributed by atoms with van der Waals surface area (Å²) in [6, 6.07) is 3.97. The van der Waals surface area contributed by atoms with Gasteiger partial charge in [0.25, 0.3) is 5.91 Å². The zero-order valence-electron chi connectivity index (χ0n) is 9.18. The lowest BCUT2D eigenvalue weighted by Crippen LogP contribution is -2.26. The third-order valence-corrected chi connectivity index (χ3v) is 4.02. The van der Waals surface area contributed by atoms with Crippen molar-refractivity contribution in [3.8, 4) is 9.88 Å². The van der Waals surface area contributed by atoms with Crippen molar-refractivity contribution in [2.24, 2.45) is 5.73 Å². The van der Waals surface area contributed by atoms with Gasteiger partial charge in [0.2, 0.25) is 0 Å². The molecule has 17 heavy (non-hydrogen) atoms. The highest BCUT2D eigenvalue weighted by atomic mass is 32.1. The fourth-order valence-electron chi connectivity index (χ4n) is 1.29. The molecule has 0 aromatic carbocycles. The highest BCUT2D eigenvalue weighted by molar-refractivity contribution is 7.20. The first-order valence-corrected chi connectivity index (χ1v) is 7.05. The average molecular weight is 267 g/mol. The first kappa shape index (κ1) is 12.2. The average Bonchev–Trinajstić information content (AvgIpc) is 3.00. The van der Waals surface area contributed by atoms with E-state index in [2.05, 4.69) is 10.3 Å². The second-order valence-corrected chi connectivity index (χ2v) is 5.22. The number of aromatic nitrogens is 1. The Bertz CT molecular complexity index is 479. The number of carbonyl (C=O) groups is 1. The summed E-state index contributed by atoms with van der Waals surface area (Å²) < 4.78 is 0. The number of nitrogens with one attached hydrogen (secondary N) is 1. The Morgan fingerprint density at radius 1 is 1.47 bits per heavy atom. The van der Waals surface area contributed by atoms with E-state index < -0.39 is 0 Å². The molecule has 0 aliphatic carbocycles. The highest BCUT2D eigenvalue weighted by Crippen LogP contribution is 2.27. The fourth-order valence-corrected chi connectivity index (χ4v) is 2.90. The predicted molar refractivity (Wildman–Crippen MR) is 71.4 cm³/mol. The van der Waals surface area contributed by atoms with Crippen LogP contribution in [-0.4, -0.2) is 24.0 Å². The molecule has 0 saturated heterocycles. The summed E-state index contributed by atoms with van der Waals surface area (Å²) in [5.41, 5.74) is 5.84.